The van der Waals surface area contributed by atoms with Crippen molar-refractivity contribution in [2.75, 3.05) is 19.8 Å². The monoisotopic (exact) mass is 251 g/mol. The molecular formula is C10H21NO6. The summed E-state index contributed by atoms with van der Waals surface area (Å²) < 4.78 is 10.4. The van der Waals surface area contributed by atoms with Crippen molar-refractivity contribution in [3.8, 4) is 0 Å². The Bertz CT molecular complexity index is 215. The number of hydrogen-bond acceptors (Lipinski definition) is 7. The molecular weight excluding hydrogens is 230 g/mol. The van der Waals surface area contributed by atoms with Gasteiger partial charge in [-0.2, -0.15) is 0 Å². The zero-order valence-corrected chi connectivity index (χ0v) is 9.60. The van der Waals surface area contributed by atoms with Gasteiger partial charge in [-0.25, -0.2) is 0 Å². The number of hydrogen-bond donors (Lipinski definition) is 5. The fourth-order valence-electron chi connectivity index (χ4n) is 1.65. The quantitative estimate of drug-likeness (QED) is 0.331. The molecule has 1 saturated heterocycles. The molecule has 6 N–H and O–H groups in total. The van der Waals surface area contributed by atoms with Gasteiger partial charge in [0, 0.05) is 6.61 Å². The molecule has 17 heavy (non-hydrogen) atoms. The average Bonchev–Trinajstić information content (AvgIpc) is 2.34. The summed E-state index contributed by atoms with van der Waals surface area (Å²) in [5, 5.41) is 37.6. The van der Waals surface area contributed by atoms with Crippen LogP contribution in [0.1, 0.15) is 12.8 Å². The van der Waals surface area contributed by atoms with E-state index in [1.54, 1.807) is 0 Å². The molecule has 1 aliphatic heterocycles. The minimum Gasteiger partial charge on any atom is -0.394 e. The summed E-state index contributed by atoms with van der Waals surface area (Å²) in [5.41, 5.74) is 5.32. The predicted molar refractivity (Wildman–Crippen MR) is 58.0 cm³/mol. The van der Waals surface area contributed by atoms with Gasteiger partial charge in [-0.3, -0.25) is 0 Å². The van der Waals surface area contributed by atoms with E-state index >= 15 is 0 Å². The van der Waals surface area contributed by atoms with Gasteiger partial charge in [0.1, 0.15) is 24.4 Å². The van der Waals surface area contributed by atoms with E-state index in [2.05, 4.69) is 0 Å². The van der Waals surface area contributed by atoms with Crippen LogP contribution in [-0.4, -0.2) is 70.9 Å². The van der Waals surface area contributed by atoms with Crippen molar-refractivity contribution in [3.05, 3.63) is 0 Å². The Hall–Kier alpha value is -0.280. The smallest absolute Gasteiger partial charge is 0.186 e. The summed E-state index contributed by atoms with van der Waals surface area (Å²) in [7, 11) is 0. The van der Waals surface area contributed by atoms with Crippen molar-refractivity contribution < 1.29 is 29.9 Å². The third kappa shape index (κ3) is 3.85. The zero-order chi connectivity index (χ0) is 12.8. The highest BCUT2D eigenvalue weighted by molar-refractivity contribution is 4.88. The van der Waals surface area contributed by atoms with Crippen molar-refractivity contribution >= 4 is 0 Å². The minimum atomic E-state index is -1.39. The maximum atomic E-state index is 9.61. The van der Waals surface area contributed by atoms with E-state index in [1.807, 2.05) is 0 Å². The normalized spacial score (nSPS) is 38.3. The van der Waals surface area contributed by atoms with Crippen LogP contribution in [0.2, 0.25) is 0 Å². The van der Waals surface area contributed by atoms with Crippen LogP contribution >= 0.6 is 0 Å². The first-order valence-electron chi connectivity index (χ1n) is 5.74. The highest BCUT2D eigenvalue weighted by Crippen LogP contribution is 2.21. The number of rotatable bonds is 6. The van der Waals surface area contributed by atoms with Crippen molar-refractivity contribution in [2.24, 2.45) is 5.73 Å². The molecule has 0 aliphatic carbocycles. The summed E-state index contributed by atoms with van der Waals surface area (Å²) in [5.74, 6) is 0. The number of unbranched alkanes of at least 4 members (excludes halogenated alkanes) is 1. The lowest BCUT2D eigenvalue weighted by molar-refractivity contribution is -0.301. The molecule has 0 bridgehead atoms. The molecule has 1 rings (SSSR count). The van der Waals surface area contributed by atoms with Gasteiger partial charge in [0.15, 0.2) is 6.29 Å². The largest absolute Gasteiger partial charge is 0.394 e. The van der Waals surface area contributed by atoms with Crippen molar-refractivity contribution in [1.29, 1.82) is 0 Å². The first-order valence-corrected chi connectivity index (χ1v) is 5.74. The highest BCUT2D eigenvalue weighted by atomic mass is 16.7. The van der Waals surface area contributed by atoms with Crippen molar-refractivity contribution in [2.45, 2.75) is 43.5 Å². The van der Waals surface area contributed by atoms with Gasteiger partial charge >= 0.3 is 0 Å². The molecule has 1 heterocycles. The third-order valence-electron chi connectivity index (χ3n) is 2.73. The van der Waals surface area contributed by atoms with Crippen LogP contribution in [-0.2, 0) is 9.47 Å². The van der Waals surface area contributed by atoms with E-state index in [0.29, 0.717) is 19.6 Å². The van der Waals surface area contributed by atoms with Gasteiger partial charge in [0.25, 0.3) is 0 Å². The Kier molecular flexibility index (Phi) is 6.28. The lowest BCUT2D eigenvalue weighted by atomic mass is 9.99. The minimum absolute atomic E-state index is 0.333. The summed E-state index contributed by atoms with van der Waals surface area (Å²) >= 11 is 0. The van der Waals surface area contributed by atoms with Gasteiger partial charge < -0.3 is 35.6 Å². The summed E-state index contributed by atoms with van der Waals surface area (Å²) in [6.45, 7) is 0.436. The Balaban J connectivity index is 2.42. The molecule has 0 unspecified atom stereocenters. The van der Waals surface area contributed by atoms with E-state index in [1.165, 1.54) is 0 Å². The summed E-state index contributed by atoms with van der Waals surface area (Å²) in [6, 6.07) is 0. The molecule has 0 spiro atoms. The molecule has 0 aromatic carbocycles. The molecule has 5 atom stereocenters. The van der Waals surface area contributed by atoms with Crippen LogP contribution in [0.3, 0.4) is 0 Å². The lowest BCUT2D eigenvalue weighted by Gasteiger charge is -2.39. The van der Waals surface area contributed by atoms with Gasteiger partial charge in [0.2, 0.25) is 0 Å². The van der Waals surface area contributed by atoms with E-state index in [0.717, 1.165) is 6.42 Å². The molecule has 0 aromatic heterocycles. The topological polar surface area (TPSA) is 125 Å². The Morgan fingerprint density at radius 2 is 1.76 bits per heavy atom. The van der Waals surface area contributed by atoms with Crippen LogP contribution in [0.15, 0.2) is 0 Å². The Morgan fingerprint density at radius 3 is 2.35 bits per heavy atom. The Morgan fingerprint density at radius 1 is 1.06 bits per heavy atom. The Labute approximate surface area is 99.8 Å². The van der Waals surface area contributed by atoms with Gasteiger partial charge in [-0.05, 0) is 19.4 Å². The molecule has 0 aromatic rings. The number of nitrogens with two attached hydrogens (primary N) is 1. The van der Waals surface area contributed by atoms with Crippen LogP contribution in [0.5, 0.6) is 0 Å². The summed E-state index contributed by atoms with van der Waals surface area (Å²) in [6.07, 6.45) is -4.52. The van der Waals surface area contributed by atoms with Crippen LogP contribution in [0.25, 0.3) is 0 Å². The first kappa shape index (κ1) is 14.8. The molecule has 0 amide bonds. The molecule has 7 heteroatoms. The fourth-order valence-corrected chi connectivity index (χ4v) is 1.65. The fraction of sp³-hybridized carbons (Fsp3) is 1.00. The number of aliphatic hydroxyl groups excluding tert-OH is 4. The van der Waals surface area contributed by atoms with Gasteiger partial charge in [-0.15, -0.1) is 0 Å². The van der Waals surface area contributed by atoms with Crippen LogP contribution < -0.4 is 5.73 Å². The molecule has 1 aliphatic rings. The zero-order valence-electron chi connectivity index (χ0n) is 9.60. The van der Waals surface area contributed by atoms with E-state index < -0.39 is 37.3 Å². The third-order valence-corrected chi connectivity index (χ3v) is 2.73. The maximum absolute atomic E-state index is 9.61. The number of aliphatic hydroxyl groups is 4. The van der Waals surface area contributed by atoms with E-state index in [9.17, 15) is 15.3 Å². The molecule has 0 radical (unpaired) electrons. The van der Waals surface area contributed by atoms with Gasteiger partial charge in [0.05, 0.1) is 6.61 Å². The number of ether oxygens (including phenoxy) is 2. The van der Waals surface area contributed by atoms with E-state index in [4.69, 9.17) is 20.3 Å². The SMILES string of the molecule is NCCCCO[C@@H]1O[C@H](CO)[C@H](O)[C@H](O)[C@H]1O. The second-order valence-corrected chi connectivity index (χ2v) is 4.06. The average molecular weight is 251 g/mol. The highest BCUT2D eigenvalue weighted by Gasteiger charge is 2.43. The molecule has 102 valence electrons. The first-order chi connectivity index (χ1) is 8.11. The maximum Gasteiger partial charge on any atom is 0.186 e. The standard InChI is InChI=1S/C10H21NO6/c11-3-1-2-4-16-10-9(15)8(14)7(13)6(5-12)17-10/h6-10,12-15H,1-5,11H2/t6-,7+,8+,9-,10-/m1/s1. The summed E-state index contributed by atoms with van der Waals surface area (Å²) in [4.78, 5) is 0. The second-order valence-electron chi connectivity index (χ2n) is 4.06. The molecule has 1 fully saturated rings. The van der Waals surface area contributed by atoms with E-state index in [-0.39, 0.29) is 0 Å². The van der Waals surface area contributed by atoms with Crippen molar-refractivity contribution in [3.63, 3.8) is 0 Å². The lowest BCUT2D eigenvalue weighted by Crippen LogP contribution is -2.59. The van der Waals surface area contributed by atoms with Crippen LogP contribution in [0.4, 0.5) is 0 Å². The van der Waals surface area contributed by atoms with Crippen molar-refractivity contribution in [1.82, 2.24) is 0 Å². The van der Waals surface area contributed by atoms with Gasteiger partial charge in [-0.1, -0.05) is 0 Å². The molecule has 0 saturated carbocycles. The molecule has 7 nitrogen and oxygen atoms in total. The predicted octanol–water partition coefficient (Wildman–Crippen LogP) is -2.46. The van der Waals surface area contributed by atoms with Crippen LogP contribution in [0, 0.1) is 0 Å². The second kappa shape index (κ2) is 7.22.